The van der Waals surface area contributed by atoms with Crippen molar-refractivity contribution < 1.29 is 9.53 Å². The summed E-state index contributed by atoms with van der Waals surface area (Å²) in [5, 5.41) is 0. The summed E-state index contributed by atoms with van der Waals surface area (Å²) in [5.41, 5.74) is 5.42. The van der Waals surface area contributed by atoms with Crippen molar-refractivity contribution in [3.8, 4) is 0 Å². The van der Waals surface area contributed by atoms with Crippen LogP contribution in [0.4, 0.5) is 5.69 Å². The zero-order valence-corrected chi connectivity index (χ0v) is 14.9. The quantitative estimate of drug-likeness (QED) is 0.640. The summed E-state index contributed by atoms with van der Waals surface area (Å²) in [6.07, 6.45) is 0. The summed E-state index contributed by atoms with van der Waals surface area (Å²) in [7, 11) is 3.54. The molecule has 2 atom stereocenters. The van der Waals surface area contributed by atoms with Gasteiger partial charge in [0.2, 0.25) is 0 Å². The van der Waals surface area contributed by atoms with Gasteiger partial charge in [-0.1, -0.05) is 60.7 Å². The van der Waals surface area contributed by atoms with Crippen LogP contribution in [-0.2, 0) is 4.74 Å². The van der Waals surface area contributed by atoms with Crippen molar-refractivity contribution in [2.45, 2.75) is 12.0 Å². The summed E-state index contributed by atoms with van der Waals surface area (Å²) in [6.45, 7) is 0. The van der Waals surface area contributed by atoms with Crippen LogP contribution >= 0.6 is 0 Å². The predicted molar refractivity (Wildman–Crippen MR) is 104 cm³/mol. The fourth-order valence-electron chi connectivity index (χ4n) is 4.00. The highest BCUT2D eigenvalue weighted by molar-refractivity contribution is 5.90. The summed E-state index contributed by atoms with van der Waals surface area (Å²) in [6, 6.07) is 27.1. The van der Waals surface area contributed by atoms with Crippen LogP contribution in [0.1, 0.15) is 39.0 Å². The van der Waals surface area contributed by atoms with E-state index in [2.05, 4.69) is 60.5 Å². The van der Waals surface area contributed by atoms with Gasteiger partial charge in [0, 0.05) is 18.7 Å². The Kier molecular flexibility index (Phi) is 4.21. The molecule has 130 valence electrons. The van der Waals surface area contributed by atoms with E-state index in [9.17, 15) is 4.79 Å². The first-order valence-electron chi connectivity index (χ1n) is 8.75. The number of nitrogens with zero attached hydrogens (tertiary/aromatic N) is 1. The minimum Gasteiger partial charge on any atom is -0.465 e. The van der Waals surface area contributed by atoms with Crippen LogP contribution in [0.25, 0.3) is 0 Å². The molecule has 0 amide bonds. The first-order chi connectivity index (χ1) is 12.7. The first-order valence-corrected chi connectivity index (χ1v) is 8.75. The minimum absolute atomic E-state index is 0.156. The number of carbonyl (C=O) groups excluding carboxylic acids is 1. The number of esters is 1. The lowest BCUT2D eigenvalue weighted by atomic mass is 9.84. The van der Waals surface area contributed by atoms with E-state index >= 15 is 0 Å². The Morgan fingerprint density at radius 3 is 2.12 bits per heavy atom. The molecule has 0 radical (unpaired) electrons. The van der Waals surface area contributed by atoms with Crippen LogP contribution in [0, 0.1) is 0 Å². The van der Waals surface area contributed by atoms with E-state index in [0.29, 0.717) is 5.56 Å². The number of methoxy groups -OCH3 is 1. The van der Waals surface area contributed by atoms with Crippen molar-refractivity contribution in [2.24, 2.45) is 0 Å². The van der Waals surface area contributed by atoms with Gasteiger partial charge in [-0.25, -0.2) is 4.79 Å². The van der Waals surface area contributed by atoms with Crippen LogP contribution in [0.15, 0.2) is 78.9 Å². The molecule has 0 fully saturated rings. The number of ether oxygens (including phenoxy) is 1. The molecule has 3 aromatic carbocycles. The normalized spacial score (nSPS) is 18.5. The second kappa shape index (κ2) is 6.68. The van der Waals surface area contributed by atoms with E-state index in [-0.39, 0.29) is 17.9 Å². The molecule has 0 spiro atoms. The number of benzene rings is 3. The maximum Gasteiger partial charge on any atom is 0.337 e. The van der Waals surface area contributed by atoms with Crippen molar-refractivity contribution in [2.75, 3.05) is 19.1 Å². The van der Waals surface area contributed by atoms with Gasteiger partial charge >= 0.3 is 5.97 Å². The molecule has 2 unspecified atom stereocenters. The van der Waals surface area contributed by atoms with E-state index in [0.717, 1.165) is 11.3 Å². The highest BCUT2D eigenvalue weighted by Crippen LogP contribution is 2.51. The number of anilines is 1. The van der Waals surface area contributed by atoms with E-state index in [4.69, 9.17) is 4.74 Å². The summed E-state index contributed by atoms with van der Waals surface area (Å²) >= 11 is 0. The van der Waals surface area contributed by atoms with Crippen molar-refractivity contribution in [1.82, 2.24) is 0 Å². The first kappa shape index (κ1) is 16.4. The third kappa shape index (κ3) is 2.66. The maximum atomic E-state index is 12.1. The van der Waals surface area contributed by atoms with Crippen LogP contribution < -0.4 is 4.90 Å². The summed E-state index contributed by atoms with van der Waals surface area (Å²) in [5.74, 6) is -0.145. The zero-order chi connectivity index (χ0) is 18.1. The third-order valence-electron chi connectivity index (χ3n) is 5.20. The second-order valence-corrected chi connectivity index (χ2v) is 6.62. The number of hydrogen-bond acceptors (Lipinski definition) is 3. The van der Waals surface area contributed by atoms with Crippen LogP contribution in [-0.4, -0.2) is 20.1 Å². The molecule has 3 nitrogen and oxygen atoms in total. The van der Waals surface area contributed by atoms with Gasteiger partial charge in [0.15, 0.2) is 0 Å². The van der Waals surface area contributed by atoms with Crippen molar-refractivity contribution in [1.29, 1.82) is 0 Å². The molecule has 0 saturated carbocycles. The highest BCUT2D eigenvalue weighted by atomic mass is 16.5. The molecule has 26 heavy (non-hydrogen) atoms. The average Bonchev–Trinajstić information content (AvgIpc) is 3.00. The zero-order valence-electron chi connectivity index (χ0n) is 14.9. The number of hydrogen-bond donors (Lipinski definition) is 0. The number of fused-ring (bicyclic) bond motifs is 1. The van der Waals surface area contributed by atoms with Gasteiger partial charge in [-0.05, 0) is 34.9 Å². The molecule has 4 rings (SSSR count). The topological polar surface area (TPSA) is 29.5 Å². The van der Waals surface area contributed by atoms with E-state index in [1.54, 1.807) is 0 Å². The fraction of sp³-hybridized carbons (Fsp3) is 0.174. The standard InChI is InChI=1S/C23H21NO2/c1-24-20-14-13-18(23(25)26-2)15-19(20)21(16-9-5-3-6-10-16)22(24)17-11-7-4-8-12-17/h3-15,21-22H,1-2H3. The molecule has 3 aromatic rings. The third-order valence-corrected chi connectivity index (χ3v) is 5.20. The number of carbonyl (C=O) groups is 1. The molecule has 3 heteroatoms. The molecule has 0 bridgehead atoms. The Balaban J connectivity index is 1.90. The van der Waals surface area contributed by atoms with Crippen molar-refractivity contribution in [3.05, 3.63) is 101 Å². The smallest absolute Gasteiger partial charge is 0.337 e. The lowest BCUT2D eigenvalue weighted by Crippen LogP contribution is -2.22. The number of likely N-dealkylation sites (N-methyl/N-ethyl adjacent to an activating group) is 1. The minimum atomic E-state index is -0.301. The molecule has 0 aliphatic carbocycles. The average molecular weight is 343 g/mol. The lowest BCUT2D eigenvalue weighted by Gasteiger charge is -2.28. The Morgan fingerprint density at radius 1 is 0.885 bits per heavy atom. The monoisotopic (exact) mass is 343 g/mol. The van der Waals surface area contributed by atoms with Crippen LogP contribution in [0.2, 0.25) is 0 Å². The molecule has 1 aliphatic rings. The highest BCUT2D eigenvalue weighted by Gasteiger charge is 2.38. The largest absolute Gasteiger partial charge is 0.465 e. The predicted octanol–water partition coefficient (Wildman–Crippen LogP) is 4.80. The Bertz CT molecular complexity index is 921. The fourth-order valence-corrected chi connectivity index (χ4v) is 4.00. The van der Waals surface area contributed by atoms with E-state index in [1.165, 1.54) is 18.2 Å². The van der Waals surface area contributed by atoms with Gasteiger partial charge in [0.1, 0.15) is 0 Å². The van der Waals surface area contributed by atoms with Crippen LogP contribution in [0.5, 0.6) is 0 Å². The summed E-state index contributed by atoms with van der Waals surface area (Å²) < 4.78 is 4.92. The van der Waals surface area contributed by atoms with Gasteiger partial charge in [0.05, 0.1) is 18.7 Å². The summed E-state index contributed by atoms with van der Waals surface area (Å²) in [4.78, 5) is 14.4. The second-order valence-electron chi connectivity index (χ2n) is 6.62. The molecule has 1 aliphatic heterocycles. The van der Waals surface area contributed by atoms with Crippen molar-refractivity contribution >= 4 is 11.7 Å². The molecule has 0 aromatic heterocycles. The lowest BCUT2D eigenvalue weighted by molar-refractivity contribution is 0.0600. The maximum absolute atomic E-state index is 12.1. The van der Waals surface area contributed by atoms with Crippen LogP contribution in [0.3, 0.4) is 0 Å². The number of rotatable bonds is 3. The van der Waals surface area contributed by atoms with Gasteiger partial charge in [-0.2, -0.15) is 0 Å². The molecular formula is C23H21NO2. The van der Waals surface area contributed by atoms with Crippen molar-refractivity contribution in [3.63, 3.8) is 0 Å². The molecular weight excluding hydrogens is 322 g/mol. The van der Waals surface area contributed by atoms with E-state index in [1.807, 2.05) is 30.3 Å². The molecule has 0 N–H and O–H groups in total. The Morgan fingerprint density at radius 2 is 1.50 bits per heavy atom. The molecule has 1 heterocycles. The van der Waals surface area contributed by atoms with E-state index < -0.39 is 0 Å². The Labute approximate surface area is 153 Å². The SMILES string of the molecule is COC(=O)c1ccc2c(c1)C(c1ccccc1)C(c1ccccc1)N2C. The van der Waals surface area contributed by atoms with Gasteiger partial charge in [-0.3, -0.25) is 0 Å². The Hall–Kier alpha value is -3.07. The molecule has 0 saturated heterocycles. The van der Waals surface area contributed by atoms with Gasteiger partial charge in [-0.15, -0.1) is 0 Å². The van der Waals surface area contributed by atoms with Gasteiger partial charge < -0.3 is 9.64 Å². The van der Waals surface area contributed by atoms with Gasteiger partial charge in [0.25, 0.3) is 0 Å².